The van der Waals surface area contributed by atoms with E-state index in [0.717, 1.165) is 25.9 Å². The van der Waals surface area contributed by atoms with Crippen LogP contribution in [0.4, 0.5) is 0 Å². The quantitative estimate of drug-likeness (QED) is 0.735. The van der Waals surface area contributed by atoms with E-state index in [1.165, 1.54) is 38.5 Å². The van der Waals surface area contributed by atoms with Crippen molar-refractivity contribution in [3.8, 4) is 0 Å². The normalized spacial score (nSPS) is 28.6. The van der Waals surface area contributed by atoms with E-state index < -0.39 is 9.92 Å². The maximum Gasteiger partial charge on any atom is 0.107 e. The summed E-state index contributed by atoms with van der Waals surface area (Å²) >= 11 is 0. The zero-order valence-electron chi connectivity index (χ0n) is 10.4. The predicted octanol–water partition coefficient (Wildman–Crippen LogP) is 2.82. The number of rotatable bonds is 2. The smallest absolute Gasteiger partial charge is 0.107 e. The van der Waals surface area contributed by atoms with E-state index in [0.29, 0.717) is 6.04 Å². The van der Waals surface area contributed by atoms with Gasteiger partial charge in [0.25, 0.3) is 0 Å². The molecule has 1 aliphatic carbocycles. The molecule has 2 rings (SSSR count). The SMILES string of the molecule is CS(=O)(=NC1CCCCC1)N1CCCCC1. The predicted molar refractivity (Wildman–Crippen MR) is 68.8 cm³/mol. The Hall–Kier alpha value is -0.0900. The fourth-order valence-corrected chi connectivity index (χ4v) is 4.57. The third kappa shape index (κ3) is 3.20. The van der Waals surface area contributed by atoms with Crippen LogP contribution in [-0.2, 0) is 9.92 Å². The van der Waals surface area contributed by atoms with Crippen LogP contribution in [-0.4, -0.2) is 33.9 Å². The molecule has 4 heteroatoms. The Bertz CT molecular complexity index is 322. The third-order valence-electron chi connectivity index (χ3n) is 3.71. The molecule has 3 nitrogen and oxygen atoms in total. The topological polar surface area (TPSA) is 32.7 Å². The van der Waals surface area contributed by atoms with Gasteiger partial charge in [0.2, 0.25) is 0 Å². The molecule has 1 aliphatic heterocycles. The fourth-order valence-electron chi connectivity index (χ4n) is 2.73. The Morgan fingerprint density at radius 3 is 2.19 bits per heavy atom. The second-order valence-corrected chi connectivity index (χ2v) is 7.40. The van der Waals surface area contributed by atoms with Crippen LogP contribution >= 0.6 is 0 Å². The molecule has 2 aliphatic rings. The van der Waals surface area contributed by atoms with Gasteiger partial charge in [0.15, 0.2) is 0 Å². The highest BCUT2D eigenvalue weighted by atomic mass is 32.2. The standard InChI is InChI=1S/C12H24N2OS/c1-16(15,14-10-6-3-7-11-14)13-12-8-4-2-5-9-12/h12H,2-11H2,1H3. The monoisotopic (exact) mass is 244 g/mol. The van der Waals surface area contributed by atoms with Gasteiger partial charge in [0.1, 0.15) is 9.92 Å². The first-order valence-electron chi connectivity index (χ1n) is 6.65. The largest absolute Gasteiger partial charge is 0.234 e. The van der Waals surface area contributed by atoms with Gasteiger partial charge in [-0.05, 0) is 25.7 Å². The van der Waals surface area contributed by atoms with Crippen molar-refractivity contribution in [1.29, 1.82) is 0 Å². The summed E-state index contributed by atoms with van der Waals surface area (Å²) < 4.78 is 19.3. The molecular weight excluding hydrogens is 220 g/mol. The molecule has 2 fully saturated rings. The van der Waals surface area contributed by atoms with Gasteiger partial charge < -0.3 is 0 Å². The summed E-state index contributed by atoms with van der Waals surface area (Å²) in [5, 5.41) is 0. The van der Waals surface area contributed by atoms with Crippen molar-refractivity contribution in [2.75, 3.05) is 19.3 Å². The second-order valence-electron chi connectivity index (χ2n) is 5.15. The van der Waals surface area contributed by atoms with Crippen LogP contribution in [0.15, 0.2) is 4.36 Å². The Morgan fingerprint density at radius 1 is 1.00 bits per heavy atom. The van der Waals surface area contributed by atoms with Gasteiger partial charge in [-0.2, -0.15) is 0 Å². The van der Waals surface area contributed by atoms with Crippen LogP contribution in [0.2, 0.25) is 0 Å². The lowest BCUT2D eigenvalue weighted by Gasteiger charge is -2.29. The van der Waals surface area contributed by atoms with Crippen molar-refractivity contribution >= 4 is 9.92 Å². The maximum absolute atomic E-state index is 12.6. The third-order valence-corrected chi connectivity index (χ3v) is 5.73. The van der Waals surface area contributed by atoms with Crippen molar-refractivity contribution in [2.45, 2.75) is 57.4 Å². The fraction of sp³-hybridized carbons (Fsp3) is 1.00. The summed E-state index contributed by atoms with van der Waals surface area (Å²) in [5.74, 6) is 0. The maximum atomic E-state index is 12.6. The van der Waals surface area contributed by atoms with E-state index in [9.17, 15) is 4.21 Å². The minimum absolute atomic E-state index is 0.369. The summed E-state index contributed by atoms with van der Waals surface area (Å²) in [6.07, 6.45) is 11.7. The number of piperidine rings is 1. The van der Waals surface area contributed by atoms with Crippen molar-refractivity contribution in [3.63, 3.8) is 0 Å². The lowest BCUT2D eigenvalue weighted by atomic mass is 9.97. The Morgan fingerprint density at radius 2 is 1.56 bits per heavy atom. The zero-order valence-corrected chi connectivity index (χ0v) is 11.2. The molecule has 1 unspecified atom stereocenters. The highest BCUT2D eigenvalue weighted by Gasteiger charge is 2.20. The molecule has 0 aromatic heterocycles. The van der Waals surface area contributed by atoms with Gasteiger partial charge >= 0.3 is 0 Å². The van der Waals surface area contributed by atoms with Crippen LogP contribution in [0.1, 0.15) is 51.4 Å². The average Bonchev–Trinajstić information content (AvgIpc) is 2.31. The lowest BCUT2D eigenvalue weighted by molar-refractivity contribution is 0.359. The summed E-state index contributed by atoms with van der Waals surface area (Å²) in [4.78, 5) is 0. The van der Waals surface area contributed by atoms with Crippen LogP contribution in [0, 0.1) is 0 Å². The Kier molecular flexibility index (Phi) is 4.25. The average molecular weight is 244 g/mol. The van der Waals surface area contributed by atoms with E-state index in [1.807, 2.05) is 6.26 Å². The molecule has 0 amide bonds. The van der Waals surface area contributed by atoms with E-state index in [-0.39, 0.29) is 0 Å². The number of hydrogen-bond donors (Lipinski definition) is 0. The van der Waals surface area contributed by atoms with Gasteiger partial charge in [-0.3, -0.25) is 0 Å². The molecule has 94 valence electrons. The van der Waals surface area contributed by atoms with Crippen molar-refractivity contribution in [2.24, 2.45) is 4.36 Å². The second kappa shape index (κ2) is 5.50. The summed E-state index contributed by atoms with van der Waals surface area (Å²) in [6, 6.07) is 0.369. The summed E-state index contributed by atoms with van der Waals surface area (Å²) in [5.41, 5.74) is 0. The number of hydrogen-bond acceptors (Lipinski definition) is 2. The van der Waals surface area contributed by atoms with Crippen molar-refractivity contribution < 1.29 is 4.21 Å². The van der Waals surface area contributed by atoms with Gasteiger partial charge in [0.05, 0.1) is 6.04 Å². The highest BCUT2D eigenvalue weighted by molar-refractivity contribution is 7.90. The van der Waals surface area contributed by atoms with E-state index in [1.54, 1.807) is 0 Å². The minimum Gasteiger partial charge on any atom is -0.234 e. The minimum atomic E-state index is -2.07. The van der Waals surface area contributed by atoms with Gasteiger partial charge in [0, 0.05) is 19.3 Å². The Labute approximate surface area is 99.9 Å². The first kappa shape index (κ1) is 12.4. The Balaban J connectivity index is 2.03. The van der Waals surface area contributed by atoms with E-state index in [4.69, 9.17) is 0 Å². The van der Waals surface area contributed by atoms with Crippen LogP contribution < -0.4 is 0 Å². The first-order chi connectivity index (χ1) is 7.68. The number of nitrogens with zero attached hydrogens (tertiary/aromatic N) is 2. The van der Waals surface area contributed by atoms with E-state index in [2.05, 4.69) is 8.67 Å². The molecule has 0 aromatic rings. The van der Waals surface area contributed by atoms with Crippen molar-refractivity contribution in [3.05, 3.63) is 0 Å². The highest BCUT2D eigenvalue weighted by Crippen LogP contribution is 2.23. The zero-order chi connectivity index (χ0) is 11.4. The molecule has 0 N–H and O–H groups in total. The molecular formula is C12H24N2OS. The van der Waals surface area contributed by atoms with Crippen LogP contribution in [0.3, 0.4) is 0 Å². The van der Waals surface area contributed by atoms with Gasteiger partial charge in [-0.15, -0.1) is 0 Å². The molecule has 0 aromatic carbocycles. The van der Waals surface area contributed by atoms with Gasteiger partial charge in [-0.25, -0.2) is 12.9 Å². The molecule has 1 heterocycles. The molecule has 1 atom stereocenters. The molecule has 0 radical (unpaired) electrons. The van der Waals surface area contributed by atoms with Crippen LogP contribution in [0.25, 0.3) is 0 Å². The summed E-state index contributed by atoms with van der Waals surface area (Å²) in [7, 11) is -2.07. The molecule has 0 bridgehead atoms. The molecule has 1 saturated carbocycles. The first-order valence-corrected chi connectivity index (χ1v) is 8.53. The molecule has 0 spiro atoms. The molecule has 16 heavy (non-hydrogen) atoms. The van der Waals surface area contributed by atoms with Gasteiger partial charge in [-0.1, -0.05) is 25.7 Å². The summed E-state index contributed by atoms with van der Waals surface area (Å²) in [6.45, 7) is 1.96. The van der Waals surface area contributed by atoms with Crippen LogP contribution in [0.5, 0.6) is 0 Å². The lowest BCUT2D eigenvalue weighted by Crippen LogP contribution is -2.35. The molecule has 1 saturated heterocycles. The van der Waals surface area contributed by atoms with Crippen molar-refractivity contribution in [1.82, 2.24) is 4.31 Å². The van der Waals surface area contributed by atoms with E-state index >= 15 is 0 Å².